The first-order valence-corrected chi connectivity index (χ1v) is 9.35. The molecule has 0 aliphatic rings. The van der Waals surface area contributed by atoms with Crippen LogP contribution in [-0.2, 0) is 21.4 Å². The van der Waals surface area contributed by atoms with E-state index in [9.17, 15) is 30.4 Å². The van der Waals surface area contributed by atoms with Gasteiger partial charge in [-0.15, -0.1) is 0 Å². The van der Waals surface area contributed by atoms with Gasteiger partial charge in [0.25, 0.3) is 0 Å². The molecular formula is C16H17F5N2O4S. The second-order valence-electron chi connectivity index (χ2n) is 6.06. The zero-order valence-corrected chi connectivity index (χ0v) is 15.9. The molecule has 0 fully saturated rings. The molecule has 0 bridgehead atoms. The van der Waals surface area contributed by atoms with Crippen LogP contribution in [0.1, 0.15) is 25.5 Å². The molecule has 156 valence electrons. The Kier molecular flexibility index (Phi) is 6.34. The van der Waals surface area contributed by atoms with Crippen molar-refractivity contribution in [1.29, 1.82) is 0 Å². The molecule has 6 nitrogen and oxygen atoms in total. The summed E-state index contributed by atoms with van der Waals surface area (Å²) in [7, 11) is -4.65. The van der Waals surface area contributed by atoms with Crippen LogP contribution in [0.25, 0.3) is 11.1 Å². The molecule has 2 aromatic rings. The lowest BCUT2D eigenvalue weighted by atomic mass is 9.99. The minimum Gasteiger partial charge on any atom is -0.383 e. The second-order valence-corrected chi connectivity index (χ2v) is 7.60. The molecule has 0 unspecified atom stereocenters. The van der Waals surface area contributed by atoms with Crippen molar-refractivity contribution in [1.82, 2.24) is 9.78 Å². The van der Waals surface area contributed by atoms with Crippen molar-refractivity contribution in [3.8, 4) is 16.9 Å². The van der Waals surface area contributed by atoms with Crippen molar-refractivity contribution in [3.05, 3.63) is 35.7 Å². The SMILES string of the molecule is COCCn1cc(-c2ccc(OS(=O)(=O)C(F)(F)F)c(F)c2F)c(C(C)C)n1. The lowest BCUT2D eigenvalue weighted by Crippen LogP contribution is -2.28. The number of aromatic nitrogens is 2. The average Bonchev–Trinajstić information content (AvgIpc) is 3.00. The Balaban J connectivity index is 2.49. The molecule has 0 saturated carbocycles. The lowest BCUT2D eigenvalue weighted by Gasteiger charge is -2.12. The van der Waals surface area contributed by atoms with Crippen LogP contribution in [0.5, 0.6) is 5.75 Å². The summed E-state index contributed by atoms with van der Waals surface area (Å²) in [4.78, 5) is 0. The zero-order valence-electron chi connectivity index (χ0n) is 15.0. The third kappa shape index (κ3) is 4.43. The topological polar surface area (TPSA) is 70.4 Å². The van der Waals surface area contributed by atoms with E-state index < -0.39 is 33.0 Å². The van der Waals surface area contributed by atoms with Crippen molar-refractivity contribution < 1.29 is 39.3 Å². The summed E-state index contributed by atoms with van der Waals surface area (Å²) < 4.78 is 98.1. The fourth-order valence-corrected chi connectivity index (χ4v) is 2.80. The highest BCUT2D eigenvalue weighted by molar-refractivity contribution is 7.88. The van der Waals surface area contributed by atoms with E-state index in [4.69, 9.17) is 4.74 Å². The Morgan fingerprint density at radius 3 is 2.32 bits per heavy atom. The van der Waals surface area contributed by atoms with Crippen LogP contribution in [0, 0.1) is 11.6 Å². The molecule has 12 heteroatoms. The monoisotopic (exact) mass is 428 g/mol. The molecule has 1 heterocycles. The maximum absolute atomic E-state index is 14.5. The van der Waals surface area contributed by atoms with Gasteiger partial charge in [-0.2, -0.15) is 31.1 Å². The predicted octanol–water partition coefficient (Wildman–Crippen LogP) is 3.83. The van der Waals surface area contributed by atoms with Gasteiger partial charge in [0, 0.05) is 24.4 Å². The largest absolute Gasteiger partial charge is 0.534 e. The third-order valence-electron chi connectivity index (χ3n) is 3.68. The number of methoxy groups -OCH3 is 1. The Morgan fingerprint density at radius 2 is 1.79 bits per heavy atom. The van der Waals surface area contributed by atoms with Crippen molar-refractivity contribution in [2.45, 2.75) is 31.8 Å². The highest BCUT2D eigenvalue weighted by Crippen LogP contribution is 2.35. The number of benzene rings is 1. The van der Waals surface area contributed by atoms with Crippen LogP contribution >= 0.6 is 0 Å². The summed E-state index contributed by atoms with van der Waals surface area (Å²) in [5.41, 5.74) is -5.43. The van der Waals surface area contributed by atoms with Crippen molar-refractivity contribution in [2.75, 3.05) is 13.7 Å². The molecule has 2 rings (SSSR count). The first kappa shape index (κ1) is 22.1. The summed E-state index contributed by atoms with van der Waals surface area (Å²) >= 11 is 0. The molecule has 0 radical (unpaired) electrons. The van der Waals surface area contributed by atoms with Crippen LogP contribution in [0.2, 0.25) is 0 Å². The predicted molar refractivity (Wildman–Crippen MR) is 89.1 cm³/mol. The van der Waals surface area contributed by atoms with Gasteiger partial charge in [-0.1, -0.05) is 13.8 Å². The molecule has 0 spiro atoms. The minimum atomic E-state index is -6.13. The van der Waals surface area contributed by atoms with Crippen molar-refractivity contribution in [2.24, 2.45) is 0 Å². The molecule has 1 aromatic carbocycles. The van der Waals surface area contributed by atoms with Gasteiger partial charge in [0.05, 0.1) is 18.8 Å². The Morgan fingerprint density at radius 1 is 1.14 bits per heavy atom. The molecule has 28 heavy (non-hydrogen) atoms. The van der Waals surface area contributed by atoms with Crippen LogP contribution in [0.15, 0.2) is 18.3 Å². The number of rotatable bonds is 7. The number of ether oxygens (including phenoxy) is 1. The average molecular weight is 428 g/mol. The van der Waals surface area contributed by atoms with Gasteiger partial charge in [-0.3, -0.25) is 4.68 Å². The van der Waals surface area contributed by atoms with E-state index in [0.29, 0.717) is 24.9 Å². The summed E-state index contributed by atoms with van der Waals surface area (Å²) in [6.07, 6.45) is 1.44. The summed E-state index contributed by atoms with van der Waals surface area (Å²) in [5.74, 6) is -4.98. The molecule has 1 aromatic heterocycles. The van der Waals surface area contributed by atoms with E-state index in [1.165, 1.54) is 18.0 Å². The molecule has 0 aliphatic heterocycles. The van der Waals surface area contributed by atoms with Gasteiger partial charge < -0.3 is 8.92 Å². The normalized spacial score (nSPS) is 12.6. The van der Waals surface area contributed by atoms with E-state index in [0.717, 1.165) is 6.07 Å². The zero-order chi connectivity index (χ0) is 21.3. The van der Waals surface area contributed by atoms with E-state index in [1.807, 2.05) is 0 Å². The smallest absolute Gasteiger partial charge is 0.383 e. The van der Waals surface area contributed by atoms with E-state index in [2.05, 4.69) is 9.28 Å². The van der Waals surface area contributed by atoms with Gasteiger partial charge in [0.2, 0.25) is 5.82 Å². The first-order chi connectivity index (χ1) is 12.9. The number of alkyl halides is 3. The van der Waals surface area contributed by atoms with Crippen LogP contribution < -0.4 is 4.18 Å². The number of hydrogen-bond donors (Lipinski definition) is 0. The van der Waals surface area contributed by atoms with Gasteiger partial charge in [-0.25, -0.2) is 4.39 Å². The van der Waals surface area contributed by atoms with Gasteiger partial charge in [0.1, 0.15) is 0 Å². The summed E-state index contributed by atoms with van der Waals surface area (Å²) in [5, 5.41) is 4.28. The molecule has 0 N–H and O–H groups in total. The Labute approximate surface area is 158 Å². The van der Waals surface area contributed by atoms with Gasteiger partial charge in [-0.05, 0) is 18.1 Å². The fourth-order valence-electron chi connectivity index (χ4n) is 2.34. The summed E-state index contributed by atoms with van der Waals surface area (Å²) in [6.45, 7) is 4.20. The number of halogens is 5. The summed E-state index contributed by atoms with van der Waals surface area (Å²) in [6, 6.07) is 1.55. The second kappa shape index (κ2) is 8.03. The third-order valence-corrected chi connectivity index (χ3v) is 4.65. The molecule has 0 saturated heterocycles. The maximum Gasteiger partial charge on any atom is 0.534 e. The number of hydrogen-bond acceptors (Lipinski definition) is 5. The van der Waals surface area contributed by atoms with Crippen LogP contribution in [0.4, 0.5) is 22.0 Å². The minimum absolute atomic E-state index is 0.178. The Hall–Kier alpha value is -2.21. The molecular weight excluding hydrogens is 411 g/mol. The molecule has 0 amide bonds. The molecule has 0 atom stereocenters. The molecule has 0 aliphatic carbocycles. The first-order valence-electron chi connectivity index (χ1n) is 7.94. The van der Waals surface area contributed by atoms with Crippen molar-refractivity contribution in [3.63, 3.8) is 0 Å². The van der Waals surface area contributed by atoms with E-state index >= 15 is 0 Å². The highest BCUT2D eigenvalue weighted by atomic mass is 32.2. The Bertz CT molecular complexity index is 955. The van der Waals surface area contributed by atoms with E-state index in [-0.39, 0.29) is 17.0 Å². The van der Waals surface area contributed by atoms with Crippen LogP contribution in [0.3, 0.4) is 0 Å². The standard InChI is InChI=1S/C16H17F5N2O4S/c1-9(2)15-11(8-23(22-15)6-7-26-3)10-4-5-12(14(18)13(10)17)27-28(24,25)16(19,20)21/h4-5,8-9H,6-7H2,1-3H3. The van der Waals surface area contributed by atoms with Gasteiger partial charge >= 0.3 is 15.6 Å². The lowest BCUT2D eigenvalue weighted by molar-refractivity contribution is -0.0501. The fraction of sp³-hybridized carbons (Fsp3) is 0.438. The van der Waals surface area contributed by atoms with Crippen LogP contribution in [-0.4, -0.2) is 37.4 Å². The highest BCUT2D eigenvalue weighted by Gasteiger charge is 2.49. The van der Waals surface area contributed by atoms with Crippen molar-refractivity contribution >= 4 is 10.1 Å². The maximum atomic E-state index is 14.5. The van der Waals surface area contributed by atoms with Gasteiger partial charge in [0.15, 0.2) is 11.6 Å². The quantitative estimate of drug-likeness (QED) is 0.381. The number of nitrogens with zero attached hydrogens (tertiary/aromatic N) is 2. The van der Waals surface area contributed by atoms with E-state index in [1.54, 1.807) is 13.8 Å².